The summed E-state index contributed by atoms with van der Waals surface area (Å²) in [6.07, 6.45) is 0. The number of hydrogen-bond donors (Lipinski definition) is 2. The lowest BCUT2D eigenvalue weighted by Gasteiger charge is -2.10. The molecule has 1 amide bonds. The first-order chi connectivity index (χ1) is 9.88. The maximum absolute atomic E-state index is 12.3. The molecule has 0 spiro atoms. The number of carboxylic acid groups (broad SMARTS) is 1. The topological polar surface area (TPSA) is 66.4 Å². The van der Waals surface area contributed by atoms with Gasteiger partial charge in [-0.1, -0.05) is 11.6 Å². The molecule has 7 heteroatoms. The van der Waals surface area contributed by atoms with Crippen molar-refractivity contribution in [1.82, 2.24) is 0 Å². The molecule has 4 nitrogen and oxygen atoms in total. The van der Waals surface area contributed by atoms with Crippen LogP contribution in [-0.4, -0.2) is 17.0 Å². The normalized spacial score (nSPS) is 10.2. The van der Waals surface area contributed by atoms with E-state index in [0.29, 0.717) is 5.56 Å². The van der Waals surface area contributed by atoms with Gasteiger partial charge in [0.15, 0.2) is 0 Å². The van der Waals surface area contributed by atoms with Crippen molar-refractivity contribution >= 4 is 74.3 Å². The predicted octanol–water partition coefficient (Wildman–Crippen LogP) is 4.50. The van der Waals surface area contributed by atoms with Crippen LogP contribution in [0.4, 0.5) is 5.69 Å². The van der Waals surface area contributed by atoms with Crippen molar-refractivity contribution in [3.8, 4) is 0 Å². The van der Waals surface area contributed by atoms with E-state index in [1.165, 1.54) is 18.2 Å². The Bertz CT molecular complexity index is 734. The van der Waals surface area contributed by atoms with Crippen LogP contribution in [0.15, 0.2) is 36.4 Å². The molecule has 2 N–H and O–H groups in total. The molecule has 0 aliphatic rings. The monoisotopic (exact) mass is 527 g/mol. The molecular formula is C14H8ClI2NO3. The molecule has 0 bridgehead atoms. The number of hydrogen-bond acceptors (Lipinski definition) is 2. The lowest BCUT2D eigenvalue weighted by atomic mass is 10.1. The van der Waals surface area contributed by atoms with Crippen molar-refractivity contribution in [3.63, 3.8) is 0 Å². The summed E-state index contributed by atoms with van der Waals surface area (Å²) in [4.78, 5) is 23.3. The average Bonchev–Trinajstić information content (AvgIpc) is 2.43. The van der Waals surface area contributed by atoms with Gasteiger partial charge in [-0.05, 0) is 81.6 Å². The number of rotatable bonds is 3. The number of anilines is 1. The molecular weight excluding hydrogens is 519 g/mol. The third-order valence-corrected chi connectivity index (χ3v) is 4.58. The second kappa shape index (κ2) is 6.93. The zero-order valence-corrected chi connectivity index (χ0v) is 15.4. The van der Waals surface area contributed by atoms with Gasteiger partial charge in [0.2, 0.25) is 0 Å². The summed E-state index contributed by atoms with van der Waals surface area (Å²) >= 11 is 10.2. The van der Waals surface area contributed by atoms with Crippen molar-refractivity contribution < 1.29 is 14.7 Å². The molecule has 0 radical (unpaired) electrons. The van der Waals surface area contributed by atoms with E-state index in [0.717, 1.165) is 7.14 Å². The molecule has 0 unspecified atom stereocenters. The number of carbonyl (C=O) groups excluding carboxylic acids is 1. The van der Waals surface area contributed by atoms with E-state index in [1.54, 1.807) is 6.07 Å². The zero-order valence-electron chi connectivity index (χ0n) is 10.4. The quantitative estimate of drug-likeness (QED) is 0.578. The van der Waals surface area contributed by atoms with Crippen molar-refractivity contribution in [1.29, 1.82) is 0 Å². The Morgan fingerprint density at radius 2 is 1.81 bits per heavy atom. The lowest BCUT2D eigenvalue weighted by Crippen LogP contribution is -2.14. The van der Waals surface area contributed by atoms with Gasteiger partial charge in [0.25, 0.3) is 5.91 Å². The zero-order chi connectivity index (χ0) is 15.6. The van der Waals surface area contributed by atoms with Crippen LogP contribution in [0.2, 0.25) is 5.02 Å². The maximum atomic E-state index is 12.3. The summed E-state index contributed by atoms with van der Waals surface area (Å²) in [5, 5.41) is 11.9. The van der Waals surface area contributed by atoms with Gasteiger partial charge in [-0.2, -0.15) is 0 Å². The Labute approximate surface area is 153 Å². The Hall–Kier alpha value is -0.870. The smallest absolute Gasteiger partial charge is 0.335 e. The predicted molar refractivity (Wildman–Crippen MR) is 98.2 cm³/mol. The average molecular weight is 527 g/mol. The van der Waals surface area contributed by atoms with Gasteiger partial charge in [0, 0.05) is 7.14 Å². The first kappa shape index (κ1) is 16.5. The largest absolute Gasteiger partial charge is 0.478 e. The van der Waals surface area contributed by atoms with Crippen molar-refractivity contribution in [2.75, 3.05) is 5.32 Å². The molecule has 0 aliphatic heterocycles. The van der Waals surface area contributed by atoms with Crippen LogP contribution in [-0.2, 0) is 0 Å². The number of benzene rings is 2. The Morgan fingerprint density at radius 1 is 1.10 bits per heavy atom. The van der Waals surface area contributed by atoms with Gasteiger partial charge in [0.05, 0.1) is 21.8 Å². The van der Waals surface area contributed by atoms with Crippen LogP contribution in [0.1, 0.15) is 20.7 Å². The maximum Gasteiger partial charge on any atom is 0.335 e. The Morgan fingerprint density at radius 3 is 2.48 bits per heavy atom. The lowest BCUT2D eigenvalue weighted by molar-refractivity contribution is 0.0696. The van der Waals surface area contributed by atoms with Crippen LogP contribution in [0.25, 0.3) is 0 Å². The number of aromatic carboxylic acids is 1. The SMILES string of the molecule is O=C(O)c1ccc(Cl)c(NC(=O)c2cc(I)ccc2I)c1. The van der Waals surface area contributed by atoms with Crippen molar-refractivity contribution in [3.05, 3.63) is 59.7 Å². The molecule has 0 aliphatic carbocycles. The highest BCUT2D eigenvalue weighted by Crippen LogP contribution is 2.25. The highest BCUT2D eigenvalue weighted by Gasteiger charge is 2.14. The summed E-state index contributed by atoms with van der Waals surface area (Å²) in [5.41, 5.74) is 0.850. The first-order valence-electron chi connectivity index (χ1n) is 5.67. The number of nitrogens with one attached hydrogen (secondary N) is 1. The van der Waals surface area contributed by atoms with E-state index in [-0.39, 0.29) is 22.2 Å². The molecule has 2 aromatic carbocycles. The molecule has 21 heavy (non-hydrogen) atoms. The summed E-state index contributed by atoms with van der Waals surface area (Å²) in [7, 11) is 0. The van der Waals surface area contributed by atoms with Crippen LogP contribution in [0.3, 0.4) is 0 Å². The molecule has 2 aromatic rings. The van der Waals surface area contributed by atoms with E-state index in [2.05, 4.69) is 50.5 Å². The molecule has 0 saturated heterocycles. The minimum absolute atomic E-state index is 0.0621. The third-order valence-electron chi connectivity index (χ3n) is 2.63. The first-order valence-corrected chi connectivity index (χ1v) is 8.21. The molecule has 0 saturated carbocycles. The second-order valence-electron chi connectivity index (χ2n) is 4.08. The highest BCUT2D eigenvalue weighted by atomic mass is 127. The number of carboxylic acids is 1. The standard InChI is InChI=1S/C14H8ClI2NO3/c15-10-3-1-7(14(20)21)5-12(10)18-13(19)9-6-8(16)2-4-11(9)17/h1-6H,(H,18,19)(H,20,21). The van der Waals surface area contributed by atoms with Crippen LogP contribution in [0.5, 0.6) is 0 Å². The van der Waals surface area contributed by atoms with E-state index in [9.17, 15) is 9.59 Å². The minimum Gasteiger partial charge on any atom is -0.478 e. The van der Waals surface area contributed by atoms with Gasteiger partial charge in [-0.25, -0.2) is 4.79 Å². The van der Waals surface area contributed by atoms with Gasteiger partial charge in [-0.3, -0.25) is 4.79 Å². The Kier molecular flexibility index (Phi) is 5.44. The van der Waals surface area contributed by atoms with E-state index in [1.807, 2.05) is 12.1 Å². The molecule has 2 rings (SSSR count). The minimum atomic E-state index is -1.08. The summed E-state index contributed by atoms with van der Waals surface area (Å²) < 4.78 is 1.74. The van der Waals surface area contributed by atoms with Gasteiger partial charge in [-0.15, -0.1) is 0 Å². The summed E-state index contributed by atoms with van der Waals surface area (Å²) in [5.74, 6) is -1.41. The van der Waals surface area contributed by atoms with Gasteiger partial charge < -0.3 is 10.4 Å². The number of amides is 1. The van der Waals surface area contributed by atoms with Crippen LogP contribution >= 0.6 is 56.8 Å². The third kappa shape index (κ3) is 4.07. The van der Waals surface area contributed by atoms with Gasteiger partial charge >= 0.3 is 5.97 Å². The Balaban J connectivity index is 2.33. The highest BCUT2D eigenvalue weighted by molar-refractivity contribution is 14.1. The van der Waals surface area contributed by atoms with Crippen LogP contribution in [0, 0.1) is 7.14 Å². The summed E-state index contributed by atoms with van der Waals surface area (Å²) in [6, 6.07) is 9.66. The fourth-order valence-corrected chi connectivity index (χ4v) is 2.85. The molecule has 0 heterocycles. The second-order valence-corrected chi connectivity index (χ2v) is 6.89. The van der Waals surface area contributed by atoms with Crippen molar-refractivity contribution in [2.24, 2.45) is 0 Å². The number of carbonyl (C=O) groups is 2. The fraction of sp³-hybridized carbons (Fsp3) is 0. The molecule has 0 aromatic heterocycles. The van der Waals surface area contributed by atoms with Crippen LogP contribution < -0.4 is 5.32 Å². The number of halogens is 3. The molecule has 0 fully saturated rings. The van der Waals surface area contributed by atoms with E-state index >= 15 is 0 Å². The van der Waals surface area contributed by atoms with E-state index < -0.39 is 5.97 Å². The molecule has 0 atom stereocenters. The van der Waals surface area contributed by atoms with E-state index in [4.69, 9.17) is 16.7 Å². The fourth-order valence-electron chi connectivity index (χ4n) is 1.62. The summed E-state index contributed by atoms with van der Waals surface area (Å²) in [6.45, 7) is 0. The van der Waals surface area contributed by atoms with Crippen molar-refractivity contribution in [2.45, 2.75) is 0 Å². The van der Waals surface area contributed by atoms with Gasteiger partial charge in [0.1, 0.15) is 0 Å². The molecule has 108 valence electrons.